The van der Waals surface area contributed by atoms with E-state index in [9.17, 15) is 27.1 Å². The topological polar surface area (TPSA) is 78.4 Å². The zero-order valence-corrected chi connectivity index (χ0v) is 12.2. The Hall–Kier alpha value is -1.29. The highest BCUT2D eigenvalue weighted by atomic mass is 35.7. The molecule has 0 N–H and O–H groups in total. The fraction of sp³-hybridized carbons (Fsp3) is 0.0769. The number of hydrogen-bond acceptors (Lipinski definition) is 4. The van der Waals surface area contributed by atoms with Crippen LogP contribution in [0.5, 0.6) is 0 Å². The van der Waals surface area contributed by atoms with Crippen molar-refractivity contribution in [2.45, 2.75) is 10.4 Å². The van der Waals surface area contributed by atoms with Crippen molar-refractivity contribution in [3.05, 3.63) is 58.5 Å². The van der Waals surface area contributed by atoms with Crippen LogP contribution >= 0.6 is 10.3 Å². The van der Waals surface area contributed by atoms with Gasteiger partial charge in [0.05, 0.1) is 10.2 Å². The zero-order chi connectivity index (χ0) is 16.2. The Balaban J connectivity index is 2.26. The molecule has 22 heavy (non-hydrogen) atoms. The highest BCUT2D eigenvalue weighted by Gasteiger charge is 2.68. The van der Waals surface area contributed by atoms with Gasteiger partial charge in [-0.05, 0) is 23.3 Å². The Morgan fingerprint density at radius 1 is 1.09 bits per heavy atom. The van der Waals surface area contributed by atoms with Crippen molar-refractivity contribution >= 4 is 16.4 Å². The second-order valence-electron chi connectivity index (χ2n) is 4.47. The Bertz CT molecular complexity index is 721. The lowest BCUT2D eigenvalue weighted by Crippen LogP contribution is -2.61. The molecule has 1 aromatic rings. The number of halogens is 4. The van der Waals surface area contributed by atoms with Crippen LogP contribution in [0.15, 0.2) is 57.9 Å². The van der Waals surface area contributed by atoms with Crippen molar-refractivity contribution < 1.29 is 41.1 Å². The summed E-state index contributed by atoms with van der Waals surface area (Å²) in [7, 11) is -9.73. The van der Waals surface area contributed by atoms with E-state index in [1.165, 1.54) is 42.5 Å². The number of benzene rings is 1. The Morgan fingerprint density at radius 3 is 2.23 bits per heavy atom. The third kappa shape index (κ3) is 2.28. The molecule has 1 aromatic carbocycles. The molecule has 118 valence electrons. The van der Waals surface area contributed by atoms with E-state index in [0.29, 0.717) is 0 Å². The summed E-state index contributed by atoms with van der Waals surface area (Å²) >= 11 is 0. The van der Waals surface area contributed by atoms with E-state index in [0.717, 1.165) is 6.07 Å². The first-order valence-corrected chi connectivity index (χ1v) is 8.65. The molecular formula is C13H8ClF3O4S. The predicted octanol–water partition coefficient (Wildman–Crippen LogP) is 1.05. The smallest absolute Gasteiger partial charge is 0.182 e. The molecule has 0 aromatic heterocycles. The van der Waals surface area contributed by atoms with E-state index in [-0.39, 0.29) is 20.9 Å². The van der Waals surface area contributed by atoms with E-state index in [1.54, 1.807) is 0 Å². The van der Waals surface area contributed by atoms with Crippen LogP contribution in [0.3, 0.4) is 0 Å². The minimum absolute atomic E-state index is 0.185. The standard InChI is InChI=1S/C13H8ClF3O4S/c15-13(16,17)22(21-14(18,19)20)11-7-2-1-4-10(11)8-12(22)9-5-3-6-9/h1-8H. The van der Waals surface area contributed by atoms with Gasteiger partial charge >= 0.3 is 5.51 Å². The van der Waals surface area contributed by atoms with Crippen molar-refractivity contribution in [2.75, 3.05) is 0 Å². The maximum Gasteiger partial charge on any atom is 0.469 e. The van der Waals surface area contributed by atoms with Crippen LogP contribution in [0.4, 0.5) is 13.2 Å². The number of allylic oxidation sites excluding steroid dienone is 4. The SMILES string of the molecule is [O-][Cl+3]([O-])([O-])OS1(C(F)(F)F)C(C2=CC=C2)=Cc2ccccc21. The second-order valence-corrected chi connectivity index (χ2v) is 8.19. The summed E-state index contributed by atoms with van der Waals surface area (Å²) in [6, 6.07) is 5.40. The molecule has 0 spiro atoms. The molecule has 4 nitrogen and oxygen atoms in total. The molecule has 3 rings (SSSR count). The second kappa shape index (κ2) is 4.85. The minimum atomic E-state index is -5.26. The number of fused-ring (bicyclic) bond motifs is 1. The van der Waals surface area contributed by atoms with Gasteiger partial charge in [0.15, 0.2) is 10.3 Å². The summed E-state index contributed by atoms with van der Waals surface area (Å²) in [5, 5.41) is 0. The number of alkyl halides is 3. The first-order chi connectivity index (χ1) is 10.2. The Kier molecular flexibility index (Phi) is 3.44. The summed E-state index contributed by atoms with van der Waals surface area (Å²) in [5.41, 5.74) is -4.67. The van der Waals surface area contributed by atoms with Crippen molar-refractivity contribution in [1.29, 1.82) is 0 Å². The summed E-state index contributed by atoms with van der Waals surface area (Å²) in [4.78, 5) is -0.679. The molecule has 0 amide bonds. The maximum absolute atomic E-state index is 13.8. The van der Waals surface area contributed by atoms with E-state index >= 15 is 0 Å². The fourth-order valence-corrected chi connectivity index (χ4v) is 6.26. The lowest BCUT2D eigenvalue weighted by Gasteiger charge is -2.35. The van der Waals surface area contributed by atoms with E-state index < -0.39 is 26.1 Å². The van der Waals surface area contributed by atoms with Crippen LogP contribution in [0, 0.1) is 10.2 Å². The maximum atomic E-state index is 13.8. The van der Waals surface area contributed by atoms with E-state index in [2.05, 4.69) is 3.74 Å². The molecule has 1 atom stereocenters. The first kappa shape index (κ1) is 15.6. The van der Waals surface area contributed by atoms with Gasteiger partial charge in [0.1, 0.15) is 3.74 Å². The average Bonchev–Trinajstić information content (AvgIpc) is 2.61. The van der Waals surface area contributed by atoms with Gasteiger partial charge in [-0.2, -0.15) is 27.1 Å². The van der Waals surface area contributed by atoms with Gasteiger partial charge in [-0.25, -0.2) is 0 Å². The molecule has 0 saturated carbocycles. The van der Waals surface area contributed by atoms with Gasteiger partial charge < -0.3 is 0 Å². The van der Waals surface area contributed by atoms with Crippen molar-refractivity contribution in [3.63, 3.8) is 0 Å². The third-order valence-corrected chi connectivity index (χ3v) is 7.15. The third-order valence-electron chi connectivity index (χ3n) is 3.16. The van der Waals surface area contributed by atoms with Gasteiger partial charge in [0.25, 0.3) is 0 Å². The van der Waals surface area contributed by atoms with Gasteiger partial charge in [-0.1, -0.05) is 36.4 Å². The van der Waals surface area contributed by atoms with Crippen molar-refractivity contribution in [1.82, 2.24) is 0 Å². The van der Waals surface area contributed by atoms with Gasteiger partial charge in [-0.3, -0.25) is 0 Å². The number of hydrogen-bond donors (Lipinski definition) is 0. The zero-order valence-electron chi connectivity index (χ0n) is 10.7. The monoisotopic (exact) mass is 352 g/mol. The Labute approximate surface area is 127 Å². The summed E-state index contributed by atoms with van der Waals surface area (Å²) < 4.78 is 78.5. The minimum Gasteiger partial charge on any atom is -0.182 e. The van der Waals surface area contributed by atoms with Crippen molar-refractivity contribution in [2.24, 2.45) is 0 Å². The lowest BCUT2D eigenvalue weighted by atomic mass is 10.1. The Morgan fingerprint density at radius 2 is 1.73 bits per heavy atom. The fourth-order valence-electron chi connectivity index (χ4n) is 2.28. The van der Waals surface area contributed by atoms with Gasteiger partial charge in [0, 0.05) is 9.80 Å². The highest BCUT2D eigenvalue weighted by Crippen LogP contribution is 2.79. The molecular weight excluding hydrogens is 345 g/mol. The number of rotatable bonds is 3. The normalized spacial score (nSPS) is 26.6. The van der Waals surface area contributed by atoms with Crippen LogP contribution in [0.25, 0.3) is 6.08 Å². The summed E-state index contributed by atoms with van der Waals surface area (Å²) in [6.45, 7) is 0. The molecule has 0 saturated heterocycles. The molecule has 1 aliphatic carbocycles. The molecule has 0 bridgehead atoms. The van der Waals surface area contributed by atoms with E-state index in [1.807, 2.05) is 0 Å². The quantitative estimate of drug-likeness (QED) is 0.814. The lowest BCUT2D eigenvalue weighted by molar-refractivity contribution is -1.91. The van der Waals surface area contributed by atoms with E-state index in [4.69, 9.17) is 0 Å². The van der Waals surface area contributed by atoms with Crippen LogP contribution in [0.2, 0.25) is 0 Å². The molecule has 0 fully saturated rings. The molecule has 2 aliphatic rings. The molecule has 0 radical (unpaired) electrons. The van der Waals surface area contributed by atoms with Crippen LogP contribution in [0.1, 0.15) is 5.56 Å². The van der Waals surface area contributed by atoms with Crippen LogP contribution in [-0.2, 0) is 3.74 Å². The molecule has 1 aliphatic heterocycles. The predicted molar refractivity (Wildman–Crippen MR) is 64.6 cm³/mol. The average molecular weight is 353 g/mol. The molecule has 1 unspecified atom stereocenters. The summed E-state index contributed by atoms with van der Waals surface area (Å²) in [6.07, 6.45) is 5.54. The summed E-state index contributed by atoms with van der Waals surface area (Å²) in [5.74, 6) is 0. The van der Waals surface area contributed by atoms with Gasteiger partial charge in [-0.15, -0.1) is 0 Å². The first-order valence-electron chi connectivity index (χ1n) is 5.86. The van der Waals surface area contributed by atoms with Gasteiger partial charge in [0.2, 0.25) is 0 Å². The van der Waals surface area contributed by atoms with Crippen LogP contribution in [-0.4, -0.2) is 5.51 Å². The van der Waals surface area contributed by atoms with Crippen molar-refractivity contribution in [3.8, 4) is 0 Å². The molecule has 1 heterocycles. The largest absolute Gasteiger partial charge is 0.469 e. The van der Waals surface area contributed by atoms with Crippen LogP contribution < -0.4 is 14.0 Å². The molecule has 9 heteroatoms. The highest BCUT2D eigenvalue weighted by molar-refractivity contribution is 8.34.